The number of fused-ring (bicyclic) bond motifs is 5. The number of amidine groups is 2. The van der Waals surface area contributed by atoms with Crippen molar-refractivity contribution in [3.8, 4) is 33.4 Å². The zero-order chi connectivity index (χ0) is 41.7. The minimum Gasteiger partial charge on any atom is -0.344 e. The molecule has 0 aromatic heterocycles. The summed E-state index contributed by atoms with van der Waals surface area (Å²) in [5.74, 6) is 1.50. The van der Waals surface area contributed by atoms with Gasteiger partial charge in [0.1, 0.15) is 12.0 Å². The highest BCUT2D eigenvalue weighted by atomic mass is 15.2. The van der Waals surface area contributed by atoms with Gasteiger partial charge in [0.25, 0.3) is 0 Å². The molecule has 63 heavy (non-hydrogen) atoms. The van der Waals surface area contributed by atoms with E-state index in [2.05, 4.69) is 236 Å². The van der Waals surface area contributed by atoms with Gasteiger partial charge in [-0.1, -0.05) is 212 Å². The molecule has 0 saturated heterocycles. The number of nitrogens with zero attached hydrogens (tertiary/aromatic N) is 2. The van der Waals surface area contributed by atoms with Crippen molar-refractivity contribution in [3.63, 3.8) is 0 Å². The van der Waals surface area contributed by atoms with Gasteiger partial charge in [-0.15, -0.1) is 0 Å². The van der Waals surface area contributed by atoms with Crippen LogP contribution < -0.4 is 5.32 Å². The first kappa shape index (κ1) is 36.7. The molecule has 0 saturated carbocycles. The van der Waals surface area contributed by atoms with Crippen LogP contribution in [0.15, 0.2) is 247 Å². The molecule has 12 rings (SSSR count). The number of hydrogen-bond acceptors (Lipinski definition) is 3. The van der Waals surface area contributed by atoms with E-state index in [9.17, 15) is 0 Å². The Morgan fingerprint density at radius 1 is 0.365 bits per heavy atom. The molecule has 1 unspecified atom stereocenters. The highest BCUT2D eigenvalue weighted by Gasteiger charge is 2.46. The van der Waals surface area contributed by atoms with Gasteiger partial charge in [0.15, 0.2) is 5.84 Å². The number of rotatable bonds is 7. The molecular formula is C60H41N3. The summed E-state index contributed by atoms with van der Waals surface area (Å²) in [4.78, 5) is 10.8. The normalized spacial score (nSPS) is 15.0. The van der Waals surface area contributed by atoms with Crippen molar-refractivity contribution in [1.82, 2.24) is 5.32 Å². The van der Waals surface area contributed by atoms with Gasteiger partial charge in [-0.3, -0.25) is 0 Å². The second-order valence-corrected chi connectivity index (χ2v) is 16.5. The van der Waals surface area contributed by atoms with Gasteiger partial charge in [0.05, 0.1) is 5.41 Å². The lowest BCUT2D eigenvalue weighted by atomic mass is 9.67. The first-order valence-electron chi connectivity index (χ1n) is 21.7. The lowest BCUT2D eigenvalue weighted by Gasteiger charge is -2.34. The fourth-order valence-corrected chi connectivity index (χ4v) is 10.2. The third kappa shape index (κ3) is 6.04. The molecule has 10 aromatic rings. The summed E-state index contributed by atoms with van der Waals surface area (Å²) in [6.45, 7) is 0. The maximum atomic E-state index is 5.51. The van der Waals surface area contributed by atoms with Gasteiger partial charge in [0.2, 0.25) is 0 Å². The van der Waals surface area contributed by atoms with E-state index in [4.69, 9.17) is 9.98 Å². The van der Waals surface area contributed by atoms with Crippen molar-refractivity contribution in [3.05, 3.63) is 276 Å². The van der Waals surface area contributed by atoms with Crippen LogP contribution in [0.5, 0.6) is 0 Å². The summed E-state index contributed by atoms with van der Waals surface area (Å²) in [5.41, 5.74) is 15.0. The average molecular weight is 804 g/mol. The Morgan fingerprint density at radius 3 is 1.62 bits per heavy atom. The van der Waals surface area contributed by atoms with Crippen molar-refractivity contribution >= 4 is 33.2 Å². The molecule has 1 N–H and O–H groups in total. The molecule has 1 atom stereocenters. The topological polar surface area (TPSA) is 36.8 Å². The van der Waals surface area contributed by atoms with Gasteiger partial charge < -0.3 is 5.32 Å². The summed E-state index contributed by atoms with van der Waals surface area (Å²) in [5, 5.41) is 8.36. The van der Waals surface area contributed by atoms with E-state index in [-0.39, 0.29) is 6.17 Å². The number of nitrogens with one attached hydrogen (secondary N) is 1. The molecule has 296 valence electrons. The van der Waals surface area contributed by atoms with Crippen LogP contribution in [0.2, 0.25) is 0 Å². The molecule has 0 radical (unpaired) electrons. The molecule has 0 bridgehead atoms. The van der Waals surface area contributed by atoms with E-state index in [1.54, 1.807) is 0 Å². The van der Waals surface area contributed by atoms with Crippen LogP contribution in [0.3, 0.4) is 0 Å². The van der Waals surface area contributed by atoms with Crippen LogP contribution in [0, 0.1) is 0 Å². The van der Waals surface area contributed by atoms with Gasteiger partial charge >= 0.3 is 0 Å². The summed E-state index contributed by atoms with van der Waals surface area (Å²) in [6.07, 6.45) is -0.387. The average Bonchev–Trinajstić information content (AvgIpc) is 3.67. The van der Waals surface area contributed by atoms with Gasteiger partial charge in [-0.2, -0.15) is 0 Å². The zero-order valence-electron chi connectivity index (χ0n) is 34.5. The van der Waals surface area contributed by atoms with Crippen molar-refractivity contribution in [2.45, 2.75) is 11.6 Å². The van der Waals surface area contributed by atoms with E-state index in [0.717, 1.165) is 44.2 Å². The van der Waals surface area contributed by atoms with Gasteiger partial charge in [-0.25, -0.2) is 9.98 Å². The maximum absolute atomic E-state index is 5.51. The molecule has 3 nitrogen and oxygen atoms in total. The molecular weight excluding hydrogens is 763 g/mol. The molecule has 3 heteroatoms. The van der Waals surface area contributed by atoms with E-state index < -0.39 is 5.41 Å². The van der Waals surface area contributed by atoms with Crippen LogP contribution in [0.25, 0.3) is 54.9 Å². The Bertz CT molecular complexity index is 3370. The Balaban J connectivity index is 1.04. The minimum atomic E-state index is -0.483. The molecule has 1 aliphatic carbocycles. The number of benzene rings is 10. The van der Waals surface area contributed by atoms with E-state index in [1.807, 2.05) is 6.07 Å². The molecule has 0 fully saturated rings. The predicted octanol–water partition coefficient (Wildman–Crippen LogP) is 14.2. The van der Waals surface area contributed by atoms with Crippen LogP contribution >= 0.6 is 0 Å². The molecule has 1 aliphatic heterocycles. The quantitative estimate of drug-likeness (QED) is 0.171. The van der Waals surface area contributed by atoms with Crippen molar-refractivity contribution in [2.75, 3.05) is 0 Å². The van der Waals surface area contributed by atoms with E-state index >= 15 is 0 Å². The molecule has 0 spiro atoms. The second kappa shape index (κ2) is 15.1. The molecule has 1 heterocycles. The molecule has 10 aromatic carbocycles. The third-order valence-electron chi connectivity index (χ3n) is 13.0. The SMILES string of the molecule is c1ccc(C2=NC(c3ccc(-c4ccc5c(c4)C(c4ccccc4)(c4ccccc4)c4ccccc4-5)c4ccccc34)=NC(c3cc(-c4ccccc4)cc4ccccc34)N2)cc1. The highest BCUT2D eigenvalue weighted by molar-refractivity contribution is 6.19. The lowest BCUT2D eigenvalue weighted by Crippen LogP contribution is -2.33. The van der Waals surface area contributed by atoms with E-state index in [1.165, 1.54) is 55.5 Å². The smallest absolute Gasteiger partial charge is 0.160 e. The molecule has 0 amide bonds. The summed E-state index contributed by atoms with van der Waals surface area (Å²) in [6, 6.07) is 85.5. The predicted molar refractivity (Wildman–Crippen MR) is 261 cm³/mol. The Labute approximate surface area is 367 Å². The Kier molecular flexibility index (Phi) is 8.79. The number of hydrogen-bond donors (Lipinski definition) is 1. The van der Waals surface area contributed by atoms with Crippen LogP contribution in [0.1, 0.15) is 45.1 Å². The minimum absolute atomic E-state index is 0.387. The van der Waals surface area contributed by atoms with Crippen LogP contribution in [0.4, 0.5) is 0 Å². The first-order valence-corrected chi connectivity index (χ1v) is 21.7. The Hall–Kier alpha value is -8.14. The summed E-state index contributed by atoms with van der Waals surface area (Å²) in [7, 11) is 0. The monoisotopic (exact) mass is 803 g/mol. The van der Waals surface area contributed by atoms with Crippen LogP contribution in [-0.2, 0) is 5.41 Å². The number of aliphatic imine (C=N–C) groups is 2. The first-order chi connectivity index (χ1) is 31.2. The molecule has 2 aliphatic rings. The zero-order valence-corrected chi connectivity index (χ0v) is 34.5. The highest BCUT2D eigenvalue weighted by Crippen LogP contribution is 2.57. The lowest BCUT2D eigenvalue weighted by molar-refractivity contribution is 0.680. The van der Waals surface area contributed by atoms with Crippen molar-refractivity contribution in [2.24, 2.45) is 9.98 Å². The van der Waals surface area contributed by atoms with Crippen molar-refractivity contribution in [1.29, 1.82) is 0 Å². The maximum Gasteiger partial charge on any atom is 0.160 e. The standard InChI is InChI=1S/C60H41N3/c1-5-19-40(20-6-1)44-37-42-23-13-14-28-47(42)54(38-44)59-62-57(41-21-7-2-8-22-41)61-58(63-59)53-36-35-48(49-29-15-16-30-50(49)53)43-33-34-52-51-31-17-18-32-55(51)60(56(52)39-43,45-24-9-3-10-25-45)46-26-11-4-12-27-46/h1-39,59H,(H,61,62,63). The third-order valence-corrected chi connectivity index (χ3v) is 13.0. The fraction of sp³-hybridized carbons (Fsp3) is 0.0333. The summed E-state index contributed by atoms with van der Waals surface area (Å²) < 4.78 is 0. The largest absolute Gasteiger partial charge is 0.344 e. The second-order valence-electron chi connectivity index (χ2n) is 16.5. The van der Waals surface area contributed by atoms with Crippen LogP contribution in [-0.4, -0.2) is 11.7 Å². The van der Waals surface area contributed by atoms with Gasteiger partial charge in [0, 0.05) is 16.7 Å². The van der Waals surface area contributed by atoms with E-state index in [0.29, 0.717) is 5.84 Å². The Morgan fingerprint density at radius 2 is 0.905 bits per heavy atom. The van der Waals surface area contributed by atoms with Gasteiger partial charge in [-0.05, 0) is 101 Å². The fourth-order valence-electron chi connectivity index (χ4n) is 10.2. The van der Waals surface area contributed by atoms with Crippen molar-refractivity contribution < 1.29 is 0 Å². The summed E-state index contributed by atoms with van der Waals surface area (Å²) >= 11 is 0.